The second kappa shape index (κ2) is 7.01. The van der Waals surface area contributed by atoms with Crippen LogP contribution in [0.1, 0.15) is 21.7 Å². The number of aryl methyl sites for hydroxylation is 1. The number of fused-ring (bicyclic) bond motifs is 1. The van der Waals surface area contributed by atoms with Crippen molar-refractivity contribution >= 4 is 17.2 Å². The molecule has 1 N–H and O–H groups in total. The zero-order chi connectivity index (χ0) is 20.6. The van der Waals surface area contributed by atoms with Crippen molar-refractivity contribution in [3.05, 3.63) is 77.9 Å². The Morgan fingerprint density at radius 2 is 1.86 bits per heavy atom. The lowest BCUT2D eigenvalue weighted by Gasteiger charge is -2.11. The summed E-state index contributed by atoms with van der Waals surface area (Å²) in [5, 5.41) is 6.37. The Morgan fingerprint density at radius 1 is 1.10 bits per heavy atom. The Hall–Kier alpha value is -3.75. The summed E-state index contributed by atoms with van der Waals surface area (Å²) in [6.45, 7) is 1.88. The number of hydrogen-bond acceptors (Lipinski definition) is 4. The van der Waals surface area contributed by atoms with Crippen LogP contribution in [0.5, 0.6) is 0 Å². The van der Waals surface area contributed by atoms with E-state index in [1.807, 2.05) is 6.92 Å². The molecule has 0 saturated heterocycles. The summed E-state index contributed by atoms with van der Waals surface area (Å²) in [5.41, 5.74) is 0.775. The molecule has 0 aliphatic heterocycles. The summed E-state index contributed by atoms with van der Waals surface area (Å²) in [7, 11) is 0. The third kappa shape index (κ3) is 3.79. The van der Waals surface area contributed by atoms with Crippen LogP contribution in [0.25, 0.3) is 16.9 Å². The van der Waals surface area contributed by atoms with Gasteiger partial charge in [-0.05, 0) is 25.1 Å². The molecule has 0 fully saturated rings. The molecule has 0 radical (unpaired) electrons. The average Bonchev–Trinajstić information content (AvgIpc) is 3.12. The standard InChI is InChI=1S/C20H14F3N5O/c1-12-4-6-13(7-5-12)15-9-17(20(21,22)23)28-18(26-15)10-16(27-28)19(29)25-14-3-2-8-24-11-14/h2-11H,1H3,(H,25,29). The zero-order valence-corrected chi connectivity index (χ0v) is 15.1. The summed E-state index contributed by atoms with van der Waals surface area (Å²) >= 11 is 0. The van der Waals surface area contributed by atoms with Crippen LogP contribution in [0.15, 0.2) is 60.9 Å². The minimum atomic E-state index is -4.68. The van der Waals surface area contributed by atoms with Gasteiger partial charge in [0.1, 0.15) is 0 Å². The van der Waals surface area contributed by atoms with Gasteiger partial charge < -0.3 is 5.32 Å². The number of pyridine rings is 1. The number of alkyl halides is 3. The number of amides is 1. The van der Waals surface area contributed by atoms with Crippen molar-refractivity contribution in [3.8, 4) is 11.3 Å². The van der Waals surface area contributed by atoms with E-state index < -0.39 is 17.8 Å². The van der Waals surface area contributed by atoms with Gasteiger partial charge >= 0.3 is 6.18 Å². The van der Waals surface area contributed by atoms with E-state index in [9.17, 15) is 18.0 Å². The molecule has 0 aliphatic rings. The van der Waals surface area contributed by atoms with E-state index in [2.05, 4.69) is 20.4 Å². The predicted molar refractivity (Wildman–Crippen MR) is 100 cm³/mol. The number of anilines is 1. The third-order valence-electron chi connectivity index (χ3n) is 4.22. The second-order valence-electron chi connectivity index (χ2n) is 6.39. The number of carbonyl (C=O) groups is 1. The van der Waals surface area contributed by atoms with Crippen molar-refractivity contribution in [3.63, 3.8) is 0 Å². The van der Waals surface area contributed by atoms with E-state index in [-0.39, 0.29) is 17.0 Å². The van der Waals surface area contributed by atoms with Gasteiger partial charge in [-0.2, -0.15) is 18.3 Å². The highest BCUT2D eigenvalue weighted by molar-refractivity contribution is 6.03. The number of carbonyl (C=O) groups excluding carboxylic acids is 1. The molecule has 1 aromatic carbocycles. The van der Waals surface area contributed by atoms with Crippen LogP contribution < -0.4 is 5.32 Å². The van der Waals surface area contributed by atoms with Crippen molar-refractivity contribution in [2.24, 2.45) is 0 Å². The van der Waals surface area contributed by atoms with E-state index in [1.165, 1.54) is 18.5 Å². The number of halogens is 3. The van der Waals surface area contributed by atoms with Gasteiger partial charge in [-0.15, -0.1) is 0 Å². The number of rotatable bonds is 3. The van der Waals surface area contributed by atoms with Crippen LogP contribution in [-0.4, -0.2) is 25.5 Å². The molecule has 3 heterocycles. The largest absolute Gasteiger partial charge is 0.433 e. The normalized spacial score (nSPS) is 11.6. The molecule has 9 heteroatoms. The maximum atomic E-state index is 13.6. The van der Waals surface area contributed by atoms with Crippen molar-refractivity contribution in [1.29, 1.82) is 0 Å². The topological polar surface area (TPSA) is 72.2 Å². The Labute approximate surface area is 163 Å². The summed E-state index contributed by atoms with van der Waals surface area (Å²) in [6, 6.07) is 12.3. The van der Waals surface area contributed by atoms with Crippen molar-refractivity contribution in [2.45, 2.75) is 13.1 Å². The number of nitrogens with zero attached hydrogens (tertiary/aromatic N) is 4. The maximum Gasteiger partial charge on any atom is 0.433 e. The van der Waals surface area contributed by atoms with Gasteiger partial charge in [0, 0.05) is 17.8 Å². The molecule has 29 heavy (non-hydrogen) atoms. The molecule has 0 aliphatic carbocycles. The van der Waals surface area contributed by atoms with Gasteiger partial charge in [0.25, 0.3) is 5.91 Å². The predicted octanol–water partition coefficient (Wildman–Crippen LogP) is 4.37. The van der Waals surface area contributed by atoms with Crippen LogP contribution in [0.4, 0.5) is 18.9 Å². The molecule has 0 spiro atoms. The SMILES string of the molecule is Cc1ccc(-c2cc(C(F)(F)F)n3nc(C(=O)Nc4cccnc4)cc3n2)cc1. The molecule has 146 valence electrons. The minimum absolute atomic E-state index is 0.0771. The van der Waals surface area contributed by atoms with Crippen molar-refractivity contribution in [1.82, 2.24) is 19.6 Å². The van der Waals surface area contributed by atoms with Gasteiger partial charge in [0.15, 0.2) is 17.0 Å². The Morgan fingerprint density at radius 3 is 2.52 bits per heavy atom. The molecule has 0 atom stereocenters. The number of benzene rings is 1. The van der Waals surface area contributed by atoms with Gasteiger partial charge in [-0.3, -0.25) is 9.78 Å². The minimum Gasteiger partial charge on any atom is -0.319 e. The molecule has 0 saturated carbocycles. The summed E-state index contributed by atoms with van der Waals surface area (Å²) in [5.74, 6) is -0.659. The summed E-state index contributed by atoms with van der Waals surface area (Å²) < 4.78 is 41.5. The Kier molecular flexibility index (Phi) is 4.50. The highest BCUT2D eigenvalue weighted by atomic mass is 19.4. The third-order valence-corrected chi connectivity index (χ3v) is 4.22. The lowest BCUT2D eigenvalue weighted by molar-refractivity contribution is -0.142. The van der Waals surface area contributed by atoms with Crippen LogP contribution in [0.3, 0.4) is 0 Å². The molecular weight excluding hydrogens is 383 g/mol. The van der Waals surface area contributed by atoms with Gasteiger partial charge in [-0.1, -0.05) is 29.8 Å². The van der Waals surface area contributed by atoms with Crippen LogP contribution >= 0.6 is 0 Å². The molecule has 1 amide bonds. The number of aromatic nitrogens is 4. The Bertz CT molecular complexity index is 1180. The molecule has 6 nitrogen and oxygen atoms in total. The van der Waals surface area contributed by atoms with E-state index >= 15 is 0 Å². The smallest absolute Gasteiger partial charge is 0.319 e. The zero-order valence-electron chi connectivity index (χ0n) is 15.1. The molecule has 3 aromatic heterocycles. The molecule has 4 aromatic rings. The fourth-order valence-electron chi connectivity index (χ4n) is 2.79. The van der Waals surface area contributed by atoms with E-state index in [0.717, 1.165) is 11.6 Å². The molecule has 0 bridgehead atoms. The quantitative estimate of drug-likeness (QED) is 0.557. The fraction of sp³-hybridized carbons (Fsp3) is 0.100. The highest BCUT2D eigenvalue weighted by Crippen LogP contribution is 2.32. The highest BCUT2D eigenvalue weighted by Gasteiger charge is 2.35. The van der Waals surface area contributed by atoms with E-state index in [0.29, 0.717) is 15.8 Å². The molecule has 0 unspecified atom stereocenters. The maximum absolute atomic E-state index is 13.6. The first-order chi connectivity index (χ1) is 13.8. The lowest BCUT2D eigenvalue weighted by Crippen LogP contribution is -2.15. The average molecular weight is 397 g/mol. The number of nitrogens with one attached hydrogen (secondary N) is 1. The van der Waals surface area contributed by atoms with E-state index in [1.54, 1.807) is 36.4 Å². The first-order valence-electron chi connectivity index (χ1n) is 8.58. The van der Waals surface area contributed by atoms with Gasteiger partial charge in [0.05, 0.1) is 17.6 Å². The molecular formula is C20H14F3N5O. The van der Waals surface area contributed by atoms with Crippen LogP contribution in [-0.2, 0) is 6.18 Å². The second-order valence-corrected chi connectivity index (χ2v) is 6.39. The summed E-state index contributed by atoms with van der Waals surface area (Å²) in [6.07, 6.45) is -1.72. The van der Waals surface area contributed by atoms with Crippen molar-refractivity contribution < 1.29 is 18.0 Å². The Balaban J connectivity index is 1.80. The van der Waals surface area contributed by atoms with Gasteiger partial charge in [0.2, 0.25) is 0 Å². The molecule has 4 rings (SSSR count). The van der Waals surface area contributed by atoms with Gasteiger partial charge in [-0.25, -0.2) is 9.50 Å². The first-order valence-corrected chi connectivity index (χ1v) is 8.58. The van der Waals surface area contributed by atoms with E-state index in [4.69, 9.17) is 0 Å². The monoisotopic (exact) mass is 397 g/mol. The fourth-order valence-corrected chi connectivity index (χ4v) is 2.79. The first kappa shape index (κ1) is 18.6. The number of hydrogen-bond donors (Lipinski definition) is 1. The lowest BCUT2D eigenvalue weighted by atomic mass is 10.1. The van der Waals surface area contributed by atoms with Crippen molar-refractivity contribution in [2.75, 3.05) is 5.32 Å². The van der Waals surface area contributed by atoms with Crippen LogP contribution in [0, 0.1) is 6.92 Å². The van der Waals surface area contributed by atoms with Crippen LogP contribution in [0.2, 0.25) is 0 Å². The summed E-state index contributed by atoms with van der Waals surface area (Å²) in [4.78, 5) is 20.6.